The highest BCUT2D eigenvalue weighted by molar-refractivity contribution is 4.97. The molecule has 94 valence electrons. The first-order valence-corrected chi connectivity index (χ1v) is 6.96. The van der Waals surface area contributed by atoms with Gasteiger partial charge in [-0.25, -0.2) is 4.39 Å². The third-order valence-electron chi connectivity index (χ3n) is 4.16. The van der Waals surface area contributed by atoms with Crippen LogP contribution in [0.15, 0.2) is 0 Å². The van der Waals surface area contributed by atoms with Crippen LogP contribution in [0.1, 0.15) is 66.2 Å². The van der Waals surface area contributed by atoms with Gasteiger partial charge in [0.1, 0.15) is 5.67 Å². The first-order chi connectivity index (χ1) is 7.27. The summed E-state index contributed by atoms with van der Waals surface area (Å²) in [6.45, 7) is 9.22. The molecule has 2 aliphatic rings. The predicted molar refractivity (Wildman–Crippen MR) is 67.1 cm³/mol. The second-order valence-corrected chi connectivity index (χ2v) is 7.72. The normalized spacial score (nSPS) is 33.6. The van der Waals surface area contributed by atoms with E-state index in [9.17, 15) is 4.39 Å². The fourth-order valence-electron chi connectivity index (χ4n) is 3.20. The third-order valence-corrected chi connectivity index (χ3v) is 4.16. The highest BCUT2D eigenvalue weighted by Gasteiger charge is 2.46. The topological polar surface area (TPSA) is 0 Å². The molecule has 0 nitrogen and oxygen atoms in total. The van der Waals surface area contributed by atoms with Crippen molar-refractivity contribution in [2.75, 3.05) is 0 Å². The SMILES string of the molecule is CC(CC1CC1CC(C)(C)C)CC1(F)CC1. The van der Waals surface area contributed by atoms with Gasteiger partial charge in [-0.15, -0.1) is 0 Å². The molecule has 16 heavy (non-hydrogen) atoms. The molecule has 2 aliphatic carbocycles. The first-order valence-electron chi connectivity index (χ1n) is 6.96. The van der Waals surface area contributed by atoms with Crippen molar-refractivity contribution in [3.8, 4) is 0 Å². The Morgan fingerprint density at radius 2 is 1.88 bits per heavy atom. The molecule has 0 saturated heterocycles. The van der Waals surface area contributed by atoms with Crippen LogP contribution < -0.4 is 0 Å². The van der Waals surface area contributed by atoms with Crippen LogP contribution in [0.25, 0.3) is 0 Å². The van der Waals surface area contributed by atoms with Crippen LogP contribution >= 0.6 is 0 Å². The zero-order chi connectivity index (χ0) is 12.0. The minimum atomic E-state index is -0.742. The van der Waals surface area contributed by atoms with E-state index in [1.54, 1.807) is 0 Å². The number of hydrogen-bond acceptors (Lipinski definition) is 0. The Bertz CT molecular complexity index is 247. The van der Waals surface area contributed by atoms with Gasteiger partial charge in [0.25, 0.3) is 0 Å². The monoisotopic (exact) mass is 226 g/mol. The van der Waals surface area contributed by atoms with Crippen LogP contribution in [0.5, 0.6) is 0 Å². The summed E-state index contributed by atoms with van der Waals surface area (Å²) in [7, 11) is 0. The fourth-order valence-corrected chi connectivity index (χ4v) is 3.20. The second-order valence-electron chi connectivity index (χ2n) is 7.72. The van der Waals surface area contributed by atoms with E-state index >= 15 is 0 Å². The van der Waals surface area contributed by atoms with Crippen LogP contribution in [0.3, 0.4) is 0 Å². The van der Waals surface area contributed by atoms with E-state index in [1.807, 2.05) is 0 Å². The average Bonchev–Trinajstić information content (AvgIpc) is 2.92. The molecular weight excluding hydrogens is 199 g/mol. The first kappa shape index (κ1) is 12.4. The Balaban J connectivity index is 1.64. The summed E-state index contributed by atoms with van der Waals surface area (Å²) in [4.78, 5) is 0. The van der Waals surface area contributed by atoms with E-state index in [-0.39, 0.29) is 0 Å². The van der Waals surface area contributed by atoms with Crippen molar-refractivity contribution in [3.05, 3.63) is 0 Å². The van der Waals surface area contributed by atoms with Crippen LogP contribution in [0.4, 0.5) is 4.39 Å². The maximum atomic E-state index is 13.6. The Morgan fingerprint density at radius 3 is 2.38 bits per heavy atom. The summed E-state index contributed by atoms with van der Waals surface area (Å²) in [6, 6.07) is 0. The van der Waals surface area contributed by atoms with E-state index in [4.69, 9.17) is 0 Å². The Labute approximate surface area is 100 Å². The van der Waals surface area contributed by atoms with Crippen molar-refractivity contribution < 1.29 is 4.39 Å². The van der Waals surface area contributed by atoms with Crippen molar-refractivity contribution in [2.24, 2.45) is 23.2 Å². The molecule has 0 radical (unpaired) electrons. The zero-order valence-corrected chi connectivity index (χ0v) is 11.4. The van der Waals surface area contributed by atoms with Crippen molar-refractivity contribution in [2.45, 2.75) is 71.9 Å². The molecular formula is C15H27F. The molecule has 1 heteroatoms. The molecule has 2 rings (SSSR count). The molecule has 0 spiro atoms. The maximum Gasteiger partial charge on any atom is 0.111 e. The molecule has 0 heterocycles. The van der Waals surface area contributed by atoms with Gasteiger partial charge >= 0.3 is 0 Å². The van der Waals surface area contributed by atoms with E-state index in [1.165, 1.54) is 19.3 Å². The van der Waals surface area contributed by atoms with Gasteiger partial charge in [0.05, 0.1) is 0 Å². The Kier molecular flexibility index (Phi) is 3.09. The van der Waals surface area contributed by atoms with Gasteiger partial charge in [-0.1, -0.05) is 27.7 Å². The van der Waals surface area contributed by atoms with Crippen LogP contribution in [-0.2, 0) is 0 Å². The molecule has 0 N–H and O–H groups in total. The third kappa shape index (κ3) is 3.75. The lowest BCUT2D eigenvalue weighted by atomic mass is 9.88. The lowest BCUT2D eigenvalue weighted by Crippen LogP contribution is -2.10. The zero-order valence-electron chi connectivity index (χ0n) is 11.4. The number of halogens is 1. The van der Waals surface area contributed by atoms with E-state index in [2.05, 4.69) is 27.7 Å². The van der Waals surface area contributed by atoms with Crippen LogP contribution in [0, 0.1) is 23.2 Å². The summed E-state index contributed by atoms with van der Waals surface area (Å²) in [5, 5.41) is 0. The molecule has 0 aliphatic heterocycles. The van der Waals surface area contributed by atoms with Crippen molar-refractivity contribution in [1.29, 1.82) is 0 Å². The van der Waals surface area contributed by atoms with Gasteiger partial charge in [-0.2, -0.15) is 0 Å². The summed E-state index contributed by atoms with van der Waals surface area (Å²) in [6.07, 6.45) is 6.51. The fraction of sp³-hybridized carbons (Fsp3) is 1.00. The van der Waals surface area contributed by atoms with Crippen molar-refractivity contribution >= 4 is 0 Å². The molecule has 0 amide bonds. The van der Waals surface area contributed by atoms with E-state index < -0.39 is 5.67 Å². The number of alkyl halides is 1. The maximum absolute atomic E-state index is 13.6. The molecule has 2 fully saturated rings. The van der Waals surface area contributed by atoms with Crippen molar-refractivity contribution in [1.82, 2.24) is 0 Å². The molecule has 3 atom stereocenters. The highest BCUT2D eigenvalue weighted by Crippen LogP contribution is 2.52. The lowest BCUT2D eigenvalue weighted by molar-refractivity contribution is 0.238. The summed E-state index contributed by atoms with van der Waals surface area (Å²) >= 11 is 0. The molecule has 0 aromatic heterocycles. The second kappa shape index (κ2) is 3.99. The standard InChI is InChI=1S/C15H27F/c1-11(9-15(16)5-6-15)7-12-8-13(12)10-14(2,3)4/h11-13H,5-10H2,1-4H3. The van der Waals surface area contributed by atoms with Crippen molar-refractivity contribution in [3.63, 3.8) is 0 Å². The summed E-state index contributed by atoms with van der Waals surface area (Å²) < 4.78 is 13.6. The Hall–Kier alpha value is -0.0700. The number of rotatable bonds is 5. The van der Waals surface area contributed by atoms with Gasteiger partial charge in [-0.05, 0) is 61.7 Å². The average molecular weight is 226 g/mol. The largest absolute Gasteiger partial charge is 0.244 e. The van der Waals surface area contributed by atoms with Crippen LogP contribution in [-0.4, -0.2) is 5.67 Å². The summed E-state index contributed by atoms with van der Waals surface area (Å²) in [5.41, 5.74) is -0.270. The predicted octanol–water partition coefficient (Wildman–Crippen LogP) is 4.98. The quantitative estimate of drug-likeness (QED) is 0.620. The van der Waals surface area contributed by atoms with Gasteiger partial charge in [-0.3, -0.25) is 0 Å². The van der Waals surface area contributed by atoms with Gasteiger partial charge < -0.3 is 0 Å². The van der Waals surface area contributed by atoms with Gasteiger partial charge in [0, 0.05) is 0 Å². The molecule has 2 saturated carbocycles. The molecule has 0 aromatic carbocycles. The van der Waals surface area contributed by atoms with Gasteiger partial charge in [0.15, 0.2) is 0 Å². The van der Waals surface area contributed by atoms with E-state index in [0.717, 1.165) is 31.1 Å². The smallest absolute Gasteiger partial charge is 0.111 e. The minimum absolute atomic E-state index is 0.473. The highest BCUT2D eigenvalue weighted by atomic mass is 19.1. The molecule has 3 unspecified atom stereocenters. The van der Waals surface area contributed by atoms with Crippen LogP contribution in [0.2, 0.25) is 0 Å². The lowest BCUT2D eigenvalue weighted by Gasteiger charge is -2.18. The molecule has 0 bridgehead atoms. The van der Waals surface area contributed by atoms with Gasteiger partial charge in [0.2, 0.25) is 0 Å². The molecule has 0 aromatic rings. The van der Waals surface area contributed by atoms with E-state index in [0.29, 0.717) is 11.3 Å². The number of hydrogen-bond donors (Lipinski definition) is 0. The minimum Gasteiger partial charge on any atom is -0.244 e. The summed E-state index contributed by atoms with van der Waals surface area (Å²) in [5.74, 6) is 2.45. The Morgan fingerprint density at radius 1 is 1.25 bits per heavy atom.